The largest absolute Gasteiger partial charge is 1.00 e. The van der Waals surface area contributed by atoms with Crippen molar-refractivity contribution < 1.29 is 54.6 Å². The van der Waals surface area contributed by atoms with Gasteiger partial charge in [-0.05, 0) is 25.7 Å². The zero-order chi connectivity index (χ0) is 12.4. The molecule has 1 fully saturated rings. The van der Waals surface area contributed by atoms with Gasteiger partial charge in [0.2, 0.25) is 0 Å². The van der Waals surface area contributed by atoms with Crippen molar-refractivity contribution in [3.63, 3.8) is 0 Å². The van der Waals surface area contributed by atoms with Gasteiger partial charge in [0.25, 0.3) is 0 Å². The second-order valence-electron chi connectivity index (χ2n) is 3.45. The van der Waals surface area contributed by atoms with Gasteiger partial charge < -0.3 is 1.43 Å². The SMILES string of the molecule is O=S(=O)(O)OC1CCC(OS(=O)(=O)O)CC1.[H-].[Li+]. The Balaban J connectivity index is 0. The summed E-state index contributed by atoms with van der Waals surface area (Å²) in [5, 5.41) is 0. The molecular weight excluding hydrogens is 271 g/mol. The summed E-state index contributed by atoms with van der Waals surface area (Å²) in [5.74, 6) is 0. The van der Waals surface area contributed by atoms with Crippen LogP contribution in [0.4, 0.5) is 0 Å². The van der Waals surface area contributed by atoms with Crippen LogP contribution in [0, 0.1) is 0 Å². The van der Waals surface area contributed by atoms with Gasteiger partial charge >= 0.3 is 39.7 Å². The van der Waals surface area contributed by atoms with Crippen LogP contribution in [-0.4, -0.2) is 38.1 Å². The van der Waals surface area contributed by atoms with E-state index in [0.717, 1.165) is 0 Å². The minimum absolute atomic E-state index is 0. The van der Waals surface area contributed by atoms with Crippen molar-refractivity contribution >= 4 is 20.8 Å². The van der Waals surface area contributed by atoms with Crippen molar-refractivity contribution in [3.8, 4) is 0 Å². The zero-order valence-corrected chi connectivity index (χ0v) is 10.8. The molecule has 1 saturated carbocycles. The molecule has 0 aliphatic heterocycles. The van der Waals surface area contributed by atoms with E-state index in [1.807, 2.05) is 0 Å². The van der Waals surface area contributed by atoms with E-state index >= 15 is 0 Å². The predicted molar refractivity (Wildman–Crippen MR) is 52.4 cm³/mol. The van der Waals surface area contributed by atoms with Gasteiger partial charge in [-0.3, -0.25) is 9.11 Å². The van der Waals surface area contributed by atoms with Gasteiger partial charge in [-0.2, -0.15) is 16.8 Å². The van der Waals surface area contributed by atoms with Crippen molar-refractivity contribution in [1.82, 2.24) is 0 Å². The molecule has 11 heteroatoms. The third kappa shape index (κ3) is 8.12. The first kappa shape index (κ1) is 17.3. The van der Waals surface area contributed by atoms with Crippen LogP contribution < -0.4 is 18.9 Å². The summed E-state index contributed by atoms with van der Waals surface area (Å²) in [6, 6.07) is 0. The quantitative estimate of drug-likeness (QED) is 0.414. The Kier molecular flexibility index (Phi) is 6.62. The summed E-state index contributed by atoms with van der Waals surface area (Å²) in [4.78, 5) is 0. The summed E-state index contributed by atoms with van der Waals surface area (Å²) in [7, 11) is -8.97. The van der Waals surface area contributed by atoms with Crippen LogP contribution in [0.3, 0.4) is 0 Å². The fourth-order valence-electron chi connectivity index (χ4n) is 1.57. The Morgan fingerprint density at radius 3 is 1.24 bits per heavy atom. The topological polar surface area (TPSA) is 127 Å². The Bertz CT molecular complexity index is 385. The van der Waals surface area contributed by atoms with Crippen molar-refractivity contribution in [2.75, 3.05) is 0 Å². The molecule has 0 aromatic carbocycles. The van der Waals surface area contributed by atoms with Crippen LogP contribution in [0.15, 0.2) is 0 Å². The molecule has 0 saturated heterocycles. The molecule has 8 nitrogen and oxygen atoms in total. The van der Waals surface area contributed by atoms with Gasteiger partial charge in [0.05, 0.1) is 12.2 Å². The normalized spacial score (nSPS) is 26.2. The number of hydrogen-bond donors (Lipinski definition) is 2. The van der Waals surface area contributed by atoms with Crippen LogP contribution >= 0.6 is 0 Å². The molecule has 0 radical (unpaired) electrons. The average molecular weight is 284 g/mol. The van der Waals surface area contributed by atoms with E-state index in [1.54, 1.807) is 0 Å². The van der Waals surface area contributed by atoms with Gasteiger partial charge in [0.1, 0.15) is 0 Å². The Labute approximate surface area is 113 Å². The van der Waals surface area contributed by atoms with Crippen LogP contribution in [-0.2, 0) is 29.2 Å². The molecule has 0 spiro atoms. The standard InChI is InChI=1S/C6H12O8S2.Li.H/c7-15(8,9)13-5-1-2-6(4-3-5)14-16(10,11)12;;/h5-6H,1-4H2,(H,7,8,9)(H,10,11,12);;/q;+1;-1. The maximum atomic E-state index is 10.4. The molecule has 2 N–H and O–H groups in total. The molecule has 98 valence electrons. The summed E-state index contributed by atoms with van der Waals surface area (Å²) in [6.45, 7) is 0. The maximum absolute atomic E-state index is 10.4. The molecular formula is C6H13LiO8S2. The van der Waals surface area contributed by atoms with E-state index in [1.165, 1.54) is 0 Å². The third-order valence-corrected chi connectivity index (χ3v) is 3.17. The summed E-state index contributed by atoms with van der Waals surface area (Å²) in [5.41, 5.74) is 0. The molecule has 0 atom stereocenters. The Morgan fingerprint density at radius 2 is 1.06 bits per heavy atom. The van der Waals surface area contributed by atoms with Crippen molar-refractivity contribution in [2.45, 2.75) is 37.9 Å². The molecule has 1 aliphatic carbocycles. The molecule has 0 aromatic rings. The second kappa shape index (κ2) is 6.49. The molecule has 1 rings (SSSR count). The molecule has 0 amide bonds. The maximum Gasteiger partial charge on any atom is 1.00 e. The average Bonchev–Trinajstić information content (AvgIpc) is 2.03. The Hall–Kier alpha value is 0.337. The monoisotopic (exact) mass is 284 g/mol. The first-order valence-corrected chi connectivity index (χ1v) is 7.20. The molecule has 0 bridgehead atoms. The van der Waals surface area contributed by atoms with Gasteiger partial charge in [-0.15, -0.1) is 0 Å². The molecule has 17 heavy (non-hydrogen) atoms. The van der Waals surface area contributed by atoms with Crippen LogP contribution in [0.5, 0.6) is 0 Å². The van der Waals surface area contributed by atoms with Crippen LogP contribution in [0.2, 0.25) is 0 Å². The van der Waals surface area contributed by atoms with E-state index in [0.29, 0.717) is 0 Å². The van der Waals surface area contributed by atoms with Gasteiger partial charge in [-0.25, -0.2) is 8.37 Å². The van der Waals surface area contributed by atoms with Gasteiger partial charge in [-0.1, -0.05) is 0 Å². The number of hydrogen-bond acceptors (Lipinski definition) is 6. The third-order valence-electron chi connectivity index (χ3n) is 2.14. The van der Waals surface area contributed by atoms with Gasteiger partial charge in [0.15, 0.2) is 0 Å². The zero-order valence-electron chi connectivity index (χ0n) is 10.1. The van der Waals surface area contributed by atoms with E-state index in [4.69, 9.17) is 9.11 Å². The summed E-state index contributed by atoms with van der Waals surface area (Å²) >= 11 is 0. The van der Waals surface area contributed by atoms with Crippen molar-refractivity contribution in [1.29, 1.82) is 0 Å². The predicted octanol–water partition coefficient (Wildman–Crippen LogP) is -2.95. The van der Waals surface area contributed by atoms with E-state index in [-0.39, 0.29) is 46.0 Å². The van der Waals surface area contributed by atoms with E-state index in [2.05, 4.69) is 8.37 Å². The Morgan fingerprint density at radius 1 is 0.824 bits per heavy atom. The minimum Gasteiger partial charge on any atom is -1.00 e. The first-order valence-electron chi connectivity index (χ1n) is 4.47. The fraction of sp³-hybridized carbons (Fsp3) is 1.00. The number of rotatable bonds is 4. The molecule has 0 heterocycles. The molecule has 0 unspecified atom stereocenters. The van der Waals surface area contributed by atoms with Crippen LogP contribution in [0.25, 0.3) is 0 Å². The summed E-state index contributed by atoms with van der Waals surface area (Å²) in [6.07, 6.45) is -0.479. The van der Waals surface area contributed by atoms with Gasteiger partial charge in [0, 0.05) is 0 Å². The molecule has 1 aliphatic rings. The fourth-order valence-corrected chi connectivity index (χ4v) is 2.64. The first-order chi connectivity index (χ1) is 7.16. The molecule has 0 aromatic heterocycles. The summed E-state index contributed by atoms with van der Waals surface area (Å²) < 4.78 is 66.9. The van der Waals surface area contributed by atoms with E-state index in [9.17, 15) is 16.8 Å². The minimum atomic E-state index is -4.48. The second-order valence-corrected chi connectivity index (χ2v) is 5.54. The smallest absolute Gasteiger partial charge is 1.00 e. The van der Waals surface area contributed by atoms with Crippen LogP contribution in [0.1, 0.15) is 27.1 Å². The van der Waals surface area contributed by atoms with E-state index < -0.39 is 33.0 Å². The van der Waals surface area contributed by atoms with Crippen molar-refractivity contribution in [3.05, 3.63) is 0 Å². The van der Waals surface area contributed by atoms with Crippen molar-refractivity contribution in [2.24, 2.45) is 0 Å².